The Bertz CT molecular complexity index is 584. The summed E-state index contributed by atoms with van der Waals surface area (Å²) in [6.45, 7) is 2.02. The van der Waals surface area contributed by atoms with Gasteiger partial charge in [-0.25, -0.2) is 0 Å². The van der Waals surface area contributed by atoms with E-state index in [2.05, 4.69) is 27.3 Å². The van der Waals surface area contributed by atoms with Crippen LogP contribution in [0, 0.1) is 18.3 Å². The molecular formula is C13H10BrClN2S. The Hall–Kier alpha value is -1.02. The quantitative estimate of drug-likeness (QED) is 0.838. The highest BCUT2D eigenvalue weighted by atomic mass is 79.9. The number of nitriles is 1. The summed E-state index contributed by atoms with van der Waals surface area (Å²) in [5, 5.41) is 13.0. The number of nitrogens with zero attached hydrogens (tertiary/aromatic N) is 1. The lowest BCUT2D eigenvalue weighted by molar-refractivity contribution is 1.03. The Kier molecular flexibility index (Phi) is 4.28. The van der Waals surface area contributed by atoms with Crippen molar-refractivity contribution in [2.75, 3.05) is 5.32 Å². The van der Waals surface area contributed by atoms with Gasteiger partial charge in [0.15, 0.2) is 0 Å². The lowest BCUT2D eigenvalue weighted by Gasteiger charge is -2.12. The van der Waals surface area contributed by atoms with Gasteiger partial charge in [-0.15, -0.1) is 11.3 Å². The van der Waals surface area contributed by atoms with Crippen molar-refractivity contribution in [2.45, 2.75) is 13.0 Å². The van der Waals surface area contributed by atoms with Crippen LogP contribution in [0.25, 0.3) is 0 Å². The summed E-state index contributed by atoms with van der Waals surface area (Å²) < 4.78 is 1.03. The van der Waals surface area contributed by atoms with Crippen LogP contribution in [0.4, 0.5) is 5.69 Å². The van der Waals surface area contributed by atoms with E-state index in [-0.39, 0.29) is 6.04 Å². The molecule has 0 spiro atoms. The van der Waals surface area contributed by atoms with Crippen molar-refractivity contribution in [1.82, 2.24) is 0 Å². The minimum atomic E-state index is -0.389. The van der Waals surface area contributed by atoms with Crippen LogP contribution in [0.1, 0.15) is 15.8 Å². The van der Waals surface area contributed by atoms with Gasteiger partial charge in [0.1, 0.15) is 6.04 Å². The van der Waals surface area contributed by atoms with Crippen molar-refractivity contribution >= 4 is 44.6 Å². The van der Waals surface area contributed by atoms with Gasteiger partial charge in [-0.1, -0.05) is 23.7 Å². The van der Waals surface area contributed by atoms with Crippen LogP contribution >= 0.6 is 38.9 Å². The van der Waals surface area contributed by atoms with Gasteiger partial charge < -0.3 is 5.32 Å². The maximum Gasteiger partial charge on any atom is 0.149 e. The fourth-order valence-electron chi connectivity index (χ4n) is 1.52. The molecule has 1 unspecified atom stereocenters. The van der Waals surface area contributed by atoms with Gasteiger partial charge in [0.05, 0.1) is 16.8 Å². The summed E-state index contributed by atoms with van der Waals surface area (Å²) in [5.74, 6) is 0. The number of anilines is 1. The maximum absolute atomic E-state index is 9.27. The zero-order valence-corrected chi connectivity index (χ0v) is 12.7. The number of rotatable bonds is 3. The Morgan fingerprint density at radius 2 is 2.17 bits per heavy atom. The summed E-state index contributed by atoms with van der Waals surface area (Å²) >= 11 is 11.1. The van der Waals surface area contributed by atoms with E-state index < -0.39 is 0 Å². The molecule has 1 atom stereocenters. The van der Waals surface area contributed by atoms with E-state index in [9.17, 15) is 5.26 Å². The van der Waals surface area contributed by atoms with E-state index in [1.165, 1.54) is 0 Å². The molecule has 0 radical (unpaired) electrons. The number of para-hydroxylation sites is 1. The first-order valence-corrected chi connectivity index (χ1v) is 7.27. The minimum Gasteiger partial charge on any atom is -0.364 e. The largest absolute Gasteiger partial charge is 0.364 e. The topological polar surface area (TPSA) is 35.8 Å². The van der Waals surface area contributed by atoms with Gasteiger partial charge in [-0.2, -0.15) is 5.26 Å². The highest BCUT2D eigenvalue weighted by molar-refractivity contribution is 9.10. The summed E-state index contributed by atoms with van der Waals surface area (Å²) in [4.78, 5) is 2.13. The second-order valence-corrected chi connectivity index (χ2v) is 6.29. The van der Waals surface area contributed by atoms with Crippen LogP contribution in [-0.4, -0.2) is 0 Å². The number of halogens is 2. The molecule has 0 fully saturated rings. The third kappa shape index (κ3) is 2.86. The van der Waals surface area contributed by atoms with Crippen molar-refractivity contribution < 1.29 is 0 Å². The number of hydrogen-bond donors (Lipinski definition) is 1. The number of nitrogens with one attached hydrogen (secondary N) is 1. The number of hydrogen-bond acceptors (Lipinski definition) is 3. The highest BCUT2D eigenvalue weighted by Crippen LogP contribution is 2.33. The van der Waals surface area contributed by atoms with Crippen LogP contribution in [0.3, 0.4) is 0 Å². The van der Waals surface area contributed by atoms with Crippen LogP contribution in [0.15, 0.2) is 34.8 Å². The molecule has 0 bridgehead atoms. The molecule has 0 aliphatic rings. The molecule has 2 aromatic rings. The van der Waals surface area contributed by atoms with Gasteiger partial charge in [0.25, 0.3) is 0 Å². The molecule has 0 aliphatic heterocycles. The molecule has 92 valence electrons. The number of thiophene rings is 1. The first-order valence-electron chi connectivity index (χ1n) is 5.28. The third-order valence-corrected chi connectivity index (χ3v) is 4.99. The molecule has 1 aromatic heterocycles. The molecule has 1 heterocycles. The summed E-state index contributed by atoms with van der Waals surface area (Å²) in [5.41, 5.74) is 0.771. The Morgan fingerprint density at radius 3 is 2.72 bits per heavy atom. The van der Waals surface area contributed by atoms with Gasteiger partial charge in [0.2, 0.25) is 0 Å². The van der Waals surface area contributed by atoms with E-state index in [0.717, 1.165) is 19.9 Å². The fraction of sp³-hybridized carbons (Fsp3) is 0.154. The second kappa shape index (κ2) is 5.75. The molecule has 2 nitrogen and oxygen atoms in total. The van der Waals surface area contributed by atoms with Crippen molar-refractivity contribution in [3.05, 3.63) is 49.6 Å². The van der Waals surface area contributed by atoms with Gasteiger partial charge in [-0.3, -0.25) is 0 Å². The molecule has 0 amide bonds. The van der Waals surface area contributed by atoms with Crippen molar-refractivity contribution in [1.29, 1.82) is 5.26 Å². The van der Waals surface area contributed by atoms with Crippen molar-refractivity contribution in [3.63, 3.8) is 0 Å². The smallest absolute Gasteiger partial charge is 0.149 e. The zero-order chi connectivity index (χ0) is 13.1. The molecule has 1 aromatic carbocycles. The normalized spacial score (nSPS) is 11.9. The minimum absolute atomic E-state index is 0.389. The molecule has 0 aliphatic carbocycles. The summed E-state index contributed by atoms with van der Waals surface area (Å²) in [7, 11) is 0. The monoisotopic (exact) mass is 340 g/mol. The van der Waals surface area contributed by atoms with Crippen LogP contribution in [0.2, 0.25) is 5.02 Å². The molecule has 1 N–H and O–H groups in total. The van der Waals surface area contributed by atoms with Gasteiger partial charge in [-0.05, 0) is 41.1 Å². The van der Waals surface area contributed by atoms with E-state index in [0.29, 0.717) is 5.02 Å². The Balaban J connectivity index is 2.26. The molecule has 0 saturated carbocycles. The van der Waals surface area contributed by atoms with Crippen LogP contribution < -0.4 is 5.32 Å². The Labute approximate surface area is 123 Å². The molecule has 2 rings (SSSR count). The van der Waals surface area contributed by atoms with E-state index in [1.54, 1.807) is 17.4 Å². The number of benzene rings is 1. The highest BCUT2D eigenvalue weighted by Gasteiger charge is 2.15. The zero-order valence-electron chi connectivity index (χ0n) is 9.58. The van der Waals surface area contributed by atoms with Crippen molar-refractivity contribution in [2.24, 2.45) is 0 Å². The molecule has 18 heavy (non-hydrogen) atoms. The average molecular weight is 342 g/mol. The van der Waals surface area contributed by atoms with Crippen LogP contribution in [-0.2, 0) is 0 Å². The lowest BCUT2D eigenvalue weighted by atomic mass is 10.2. The first kappa shape index (κ1) is 13.4. The summed E-state index contributed by atoms with van der Waals surface area (Å²) in [6.07, 6.45) is 0. The van der Waals surface area contributed by atoms with E-state index >= 15 is 0 Å². The van der Waals surface area contributed by atoms with E-state index in [1.807, 2.05) is 31.2 Å². The Morgan fingerprint density at radius 1 is 1.44 bits per heavy atom. The molecular weight excluding hydrogens is 332 g/mol. The fourth-order valence-corrected chi connectivity index (χ4v) is 3.27. The number of aryl methyl sites for hydroxylation is 1. The third-order valence-electron chi connectivity index (χ3n) is 2.46. The predicted molar refractivity (Wildman–Crippen MR) is 80.2 cm³/mol. The van der Waals surface area contributed by atoms with Crippen LogP contribution in [0.5, 0.6) is 0 Å². The SMILES string of the molecule is Cc1sc(C(C#N)Nc2ccccc2Cl)cc1Br. The molecule has 0 saturated heterocycles. The standard InChI is InChI=1S/C13H10BrClN2S/c1-8-9(14)6-13(18-8)12(7-16)17-11-5-3-2-4-10(11)15/h2-6,12,17H,1H3. The molecule has 5 heteroatoms. The van der Waals surface area contributed by atoms with Crippen molar-refractivity contribution in [3.8, 4) is 6.07 Å². The first-order chi connectivity index (χ1) is 8.61. The maximum atomic E-state index is 9.27. The predicted octanol–water partition coefficient (Wildman–Crippen LogP) is 5.15. The second-order valence-electron chi connectivity index (χ2n) is 3.74. The van der Waals surface area contributed by atoms with Gasteiger partial charge >= 0.3 is 0 Å². The average Bonchev–Trinajstić information content (AvgIpc) is 2.68. The summed E-state index contributed by atoms with van der Waals surface area (Å²) in [6, 6.07) is 11.2. The van der Waals surface area contributed by atoms with E-state index in [4.69, 9.17) is 11.6 Å². The lowest BCUT2D eigenvalue weighted by Crippen LogP contribution is -2.07. The van der Waals surface area contributed by atoms with Gasteiger partial charge in [0, 0.05) is 14.2 Å².